The predicted molar refractivity (Wildman–Crippen MR) is 80.9 cm³/mol. The van der Waals surface area contributed by atoms with Gasteiger partial charge in [-0.2, -0.15) is 0 Å². The highest BCUT2D eigenvalue weighted by Gasteiger charge is 2.46. The molecule has 2 atom stereocenters. The van der Waals surface area contributed by atoms with Crippen LogP contribution in [0.1, 0.15) is 42.2 Å². The maximum Gasteiger partial charge on any atom is 0.276 e. The third-order valence-electron chi connectivity index (χ3n) is 5.23. The predicted octanol–water partition coefficient (Wildman–Crippen LogP) is 0.901. The van der Waals surface area contributed by atoms with Gasteiger partial charge in [0.25, 0.3) is 5.91 Å². The molecule has 2 fully saturated rings. The molecule has 0 radical (unpaired) electrons. The van der Waals surface area contributed by atoms with E-state index in [2.05, 4.69) is 4.90 Å². The number of fused-ring (bicyclic) bond motifs is 2. The third kappa shape index (κ3) is 1.83. The van der Waals surface area contributed by atoms with E-state index in [-0.39, 0.29) is 23.8 Å². The first-order chi connectivity index (χ1) is 10.5. The molecule has 6 nitrogen and oxygen atoms in total. The van der Waals surface area contributed by atoms with Gasteiger partial charge in [-0.1, -0.05) is 0 Å². The van der Waals surface area contributed by atoms with E-state index in [0.717, 1.165) is 13.0 Å². The van der Waals surface area contributed by atoms with Gasteiger partial charge >= 0.3 is 0 Å². The molecule has 1 amide bonds. The van der Waals surface area contributed by atoms with Crippen molar-refractivity contribution >= 4 is 5.91 Å². The van der Waals surface area contributed by atoms with Gasteiger partial charge in [0.15, 0.2) is 11.4 Å². The molecule has 0 aromatic carbocycles. The molecule has 3 aliphatic rings. The van der Waals surface area contributed by atoms with Crippen molar-refractivity contribution in [3.8, 4) is 5.75 Å². The Hall–Kier alpha value is -1.82. The number of carbonyl (C=O) groups is 1. The van der Waals surface area contributed by atoms with Crippen molar-refractivity contribution in [2.45, 2.75) is 57.9 Å². The Bertz CT molecular complexity index is 707. The molecule has 3 heterocycles. The van der Waals surface area contributed by atoms with Crippen molar-refractivity contribution in [1.29, 1.82) is 0 Å². The Balaban J connectivity index is 1.83. The number of aryl methyl sites for hydroxylation is 1. The lowest BCUT2D eigenvalue weighted by atomic mass is 10.0. The summed E-state index contributed by atoms with van der Waals surface area (Å²) in [6.07, 6.45) is 5.09. The zero-order valence-electron chi connectivity index (χ0n) is 13.0. The number of carbonyl (C=O) groups excluding carboxylic acids is 1. The fraction of sp³-hybridized carbons (Fsp3) is 0.625. The molecule has 6 heteroatoms. The molecule has 0 spiro atoms. The molecule has 0 unspecified atom stereocenters. The number of aromatic hydroxyl groups is 1. The summed E-state index contributed by atoms with van der Waals surface area (Å²) in [5, 5.41) is 10.2. The molecule has 1 aromatic heterocycles. The van der Waals surface area contributed by atoms with Crippen molar-refractivity contribution < 1.29 is 9.90 Å². The third-order valence-corrected chi connectivity index (χ3v) is 5.23. The van der Waals surface area contributed by atoms with Gasteiger partial charge < -0.3 is 14.6 Å². The fourth-order valence-corrected chi connectivity index (χ4v) is 3.89. The van der Waals surface area contributed by atoms with Gasteiger partial charge in [-0.05, 0) is 33.1 Å². The van der Waals surface area contributed by atoms with E-state index in [1.165, 1.54) is 12.8 Å². The molecular formula is C16H21N3O3. The maximum atomic E-state index is 12.9. The van der Waals surface area contributed by atoms with E-state index in [9.17, 15) is 14.7 Å². The Morgan fingerprint density at radius 3 is 2.64 bits per heavy atom. The lowest BCUT2D eigenvalue weighted by molar-refractivity contribution is -0.0362. The molecule has 1 aliphatic carbocycles. The summed E-state index contributed by atoms with van der Waals surface area (Å²) < 4.78 is 1.77. The molecule has 22 heavy (non-hydrogen) atoms. The topological polar surface area (TPSA) is 65.8 Å². The van der Waals surface area contributed by atoms with Crippen molar-refractivity contribution in [3.63, 3.8) is 0 Å². The lowest BCUT2D eigenvalue weighted by Crippen LogP contribution is -2.64. The summed E-state index contributed by atoms with van der Waals surface area (Å²) in [4.78, 5) is 29.2. The summed E-state index contributed by atoms with van der Waals surface area (Å²) in [6, 6.07) is 0.723. The van der Waals surface area contributed by atoms with Crippen LogP contribution in [0.2, 0.25) is 0 Å². The zero-order valence-corrected chi connectivity index (χ0v) is 13.0. The molecule has 0 bridgehead atoms. The standard InChI is InChI=1S/C16H21N3O3/c1-9-7-17-8-12-18(11-3-4-11)6-5-10(2)19(12)16(22)13(17)15(21)14(9)20/h7,10-12,21H,3-6,8H2,1-2H3/t10-,12-/m0/s1. The first kappa shape index (κ1) is 13.8. The van der Waals surface area contributed by atoms with Gasteiger partial charge in [-0.15, -0.1) is 0 Å². The highest BCUT2D eigenvalue weighted by atomic mass is 16.3. The second-order valence-electron chi connectivity index (χ2n) is 6.79. The van der Waals surface area contributed by atoms with E-state index in [1.54, 1.807) is 17.7 Å². The van der Waals surface area contributed by atoms with Crippen molar-refractivity contribution in [3.05, 3.63) is 27.7 Å². The van der Waals surface area contributed by atoms with Gasteiger partial charge in [0.05, 0.1) is 6.54 Å². The second-order valence-corrected chi connectivity index (χ2v) is 6.79. The van der Waals surface area contributed by atoms with Crippen LogP contribution < -0.4 is 5.43 Å². The highest BCUT2D eigenvalue weighted by molar-refractivity contribution is 5.96. The lowest BCUT2D eigenvalue weighted by Gasteiger charge is -2.50. The van der Waals surface area contributed by atoms with Crippen LogP contribution in [-0.4, -0.2) is 50.2 Å². The fourth-order valence-electron chi connectivity index (χ4n) is 3.89. The number of hydrogen-bond acceptors (Lipinski definition) is 4. The quantitative estimate of drug-likeness (QED) is 0.837. The summed E-state index contributed by atoms with van der Waals surface area (Å²) in [6.45, 7) is 5.36. The molecule has 118 valence electrons. The van der Waals surface area contributed by atoms with E-state index >= 15 is 0 Å². The van der Waals surface area contributed by atoms with Crippen LogP contribution in [0.5, 0.6) is 5.75 Å². The number of amides is 1. The number of aromatic nitrogens is 1. The Kier molecular flexibility index (Phi) is 2.88. The molecule has 2 aliphatic heterocycles. The summed E-state index contributed by atoms with van der Waals surface area (Å²) in [5.41, 5.74) is 0.183. The number of nitrogens with zero attached hydrogens (tertiary/aromatic N) is 3. The minimum atomic E-state index is -0.443. The van der Waals surface area contributed by atoms with Crippen LogP contribution >= 0.6 is 0 Å². The van der Waals surface area contributed by atoms with Gasteiger partial charge in [-0.3, -0.25) is 14.5 Å². The molecule has 1 saturated heterocycles. The molecular weight excluding hydrogens is 282 g/mol. The van der Waals surface area contributed by atoms with Crippen LogP contribution in [0, 0.1) is 6.92 Å². The Morgan fingerprint density at radius 1 is 1.23 bits per heavy atom. The van der Waals surface area contributed by atoms with E-state index in [4.69, 9.17) is 0 Å². The number of pyridine rings is 1. The van der Waals surface area contributed by atoms with Crippen molar-refractivity contribution in [1.82, 2.24) is 14.4 Å². The van der Waals surface area contributed by atoms with Gasteiger partial charge in [0.1, 0.15) is 6.17 Å². The van der Waals surface area contributed by atoms with Gasteiger partial charge in [0, 0.05) is 30.4 Å². The zero-order chi connectivity index (χ0) is 15.6. The highest BCUT2D eigenvalue weighted by Crippen LogP contribution is 2.37. The van der Waals surface area contributed by atoms with Crippen molar-refractivity contribution in [2.24, 2.45) is 0 Å². The normalized spacial score (nSPS) is 28.5. The summed E-state index contributed by atoms with van der Waals surface area (Å²) in [5.74, 6) is -0.622. The smallest absolute Gasteiger partial charge is 0.276 e. The second kappa shape index (κ2) is 4.59. The molecule has 1 N–H and O–H groups in total. The monoisotopic (exact) mass is 303 g/mol. The largest absolute Gasteiger partial charge is 0.503 e. The number of rotatable bonds is 1. The Labute approximate surface area is 128 Å². The summed E-state index contributed by atoms with van der Waals surface area (Å²) >= 11 is 0. The van der Waals surface area contributed by atoms with Crippen LogP contribution in [0.25, 0.3) is 0 Å². The molecule has 1 aromatic rings. The van der Waals surface area contributed by atoms with E-state index < -0.39 is 11.2 Å². The molecule has 4 rings (SSSR count). The van der Waals surface area contributed by atoms with Gasteiger partial charge in [0.2, 0.25) is 5.43 Å². The first-order valence-electron chi connectivity index (χ1n) is 8.00. The van der Waals surface area contributed by atoms with E-state index in [1.807, 2.05) is 11.8 Å². The van der Waals surface area contributed by atoms with Crippen LogP contribution in [0.3, 0.4) is 0 Å². The first-order valence-corrected chi connectivity index (χ1v) is 8.00. The van der Waals surface area contributed by atoms with E-state index in [0.29, 0.717) is 18.2 Å². The average molecular weight is 303 g/mol. The Morgan fingerprint density at radius 2 is 1.95 bits per heavy atom. The number of hydrogen-bond donors (Lipinski definition) is 1. The van der Waals surface area contributed by atoms with Crippen LogP contribution in [-0.2, 0) is 6.54 Å². The van der Waals surface area contributed by atoms with Gasteiger partial charge in [-0.25, -0.2) is 0 Å². The SMILES string of the molecule is Cc1cn2c(c(O)c1=O)C(=O)N1[C@@H](C)CCN(C3CC3)[C@@H]1C2. The summed E-state index contributed by atoms with van der Waals surface area (Å²) in [7, 11) is 0. The van der Waals surface area contributed by atoms with Crippen LogP contribution in [0.4, 0.5) is 0 Å². The average Bonchev–Trinajstić information content (AvgIpc) is 3.29. The van der Waals surface area contributed by atoms with Crippen molar-refractivity contribution in [2.75, 3.05) is 6.54 Å². The maximum absolute atomic E-state index is 12.9. The minimum absolute atomic E-state index is 0.0394. The molecule has 1 saturated carbocycles. The minimum Gasteiger partial charge on any atom is -0.503 e. The van der Waals surface area contributed by atoms with Crippen LogP contribution in [0.15, 0.2) is 11.0 Å².